The molecule has 2 heterocycles. The summed E-state index contributed by atoms with van der Waals surface area (Å²) in [5.41, 5.74) is 0.988. The fraction of sp³-hybridized carbons (Fsp3) is 0.364. The zero-order valence-electron chi connectivity index (χ0n) is 9.94. The van der Waals surface area contributed by atoms with Gasteiger partial charge in [0.2, 0.25) is 0 Å². The Balaban J connectivity index is 2.10. The summed E-state index contributed by atoms with van der Waals surface area (Å²) in [5.74, 6) is 0.438. The van der Waals surface area contributed by atoms with Crippen molar-refractivity contribution in [1.29, 1.82) is 0 Å². The molecule has 0 aromatic carbocycles. The van der Waals surface area contributed by atoms with Gasteiger partial charge in [-0.15, -0.1) is 0 Å². The summed E-state index contributed by atoms with van der Waals surface area (Å²) in [5, 5.41) is 9.20. The van der Waals surface area contributed by atoms with Crippen molar-refractivity contribution in [1.82, 2.24) is 15.2 Å². The maximum atomic E-state index is 11.5. The second-order valence-electron chi connectivity index (χ2n) is 4.63. The third-order valence-electron chi connectivity index (χ3n) is 1.93. The van der Waals surface area contributed by atoms with E-state index in [0.29, 0.717) is 11.3 Å². The Labute approximate surface area is 98.4 Å². The topological polar surface area (TPSA) is 79.9 Å². The Kier molecular flexibility index (Phi) is 2.71. The van der Waals surface area contributed by atoms with Gasteiger partial charge in [0.1, 0.15) is 16.9 Å². The normalized spacial score (nSPS) is 11.5. The maximum absolute atomic E-state index is 11.5. The van der Waals surface area contributed by atoms with E-state index in [2.05, 4.69) is 20.5 Å². The van der Waals surface area contributed by atoms with Gasteiger partial charge < -0.3 is 4.74 Å². The van der Waals surface area contributed by atoms with Crippen LogP contribution in [-0.2, 0) is 4.74 Å². The molecule has 0 saturated heterocycles. The predicted octanol–water partition coefficient (Wildman–Crippen LogP) is 2.30. The zero-order valence-corrected chi connectivity index (χ0v) is 9.94. The van der Waals surface area contributed by atoms with E-state index in [-0.39, 0.29) is 0 Å². The SMILES string of the molecule is CC(C)(C)OC(=O)Nc1ccc2[nH]ncc2n1. The summed E-state index contributed by atoms with van der Waals surface area (Å²) in [6.07, 6.45) is 1.07. The van der Waals surface area contributed by atoms with Gasteiger partial charge in [0, 0.05) is 0 Å². The quantitative estimate of drug-likeness (QED) is 0.793. The number of anilines is 1. The van der Waals surface area contributed by atoms with Crippen LogP contribution < -0.4 is 5.32 Å². The number of aromatic nitrogens is 3. The van der Waals surface area contributed by atoms with Crippen molar-refractivity contribution in [3.63, 3.8) is 0 Å². The Morgan fingerprint density at radius 2 is 2.18 bits per heavy atom. The van der Waals surface area contributed by atoms with Crippen molar-refractivity contribution in [2.45, 2.75) is 26.4 Å². The number of nitrogens with zero attached hydrogens (tertiary/aromatic N) is 2. The standard InChI is InChI=1S/C11H14N4O2/c1-11(2,3)17-10(16)14-9-5-4-7-8(13-9)6-12-15-7/h4-6H,1-3H3,(H,12,15)(H,13,14,16). The molecule has 0 aliphatic carbocycles. The van der Waals surface area contributed by atoms with Gasteiger partial charge in [-0.3, -0.25) is 10.4 Å². The number of fused-ring (bicyclic) bond motifs is 1. The molecule has 0 spiro atoms. The van der Waals surface area contributed by atoms with E-state index >= 15 is 0 Å². The summed E-state index contributed by atoms with van der Waals surface area (Å²) in [6, 6.07) is 3.48. The average molecular weight is 234 g/mol. The lowest BCUT2D eigenvalue weighted by Gasteiger charge is -2.19. The third kappa shape index (κ3) is 2.93. The van der Waals surface area contributed by atoms with Gasteiger partial charge in [-0.05, 0) is 32.9 Å². The van der Waals surface area contributed by atoms with Crippen LogP contribution in [0.4, 0.5) is 10.6 Å². The van der Waals surface area contributed by atoms with Crippen LogP contribution in [0, 0.1) is 0 Å². The number of aromatic amines is 1. The van der Waals surface area contributed by atoms with Crippen LogP contribution in [0.1, 0.15) is 20.8 Å². The zero-order chi connectivity index (χ0) is 12.5. The lowest BCUT2D eigenvalue weighted by atomic mass is 10.2. The number of nitrogens with one attached hydrogen (secondary N) is 2. The third-order valence-corrected chi connectivity index (χ3v) is 1.93. The van der Waals surface area contributed by atoms with Crippen LogP contribution >= 0.6 is 0 Å². The van der Waals surface area contributed by atoms with Crippen LogP contribution in [0.25, 0.3) is 11.0 Å². The molecule has 6 nitrogen and oxygen atoms in total. The van der Waals surface area contributed by atoms with E-state index in [1.54, 1.807) is 39.1 Å². The summed E-state index contributed by atoms with van der Waals surface area (Å²) >= 11 is 0. The number of carbonyl (C=O) groups is 1. The molecule has 2 rings (SSSR count). The minimum atomic E-state index is -0.524. The molecule has 2 aromatic heterocycles. The van der Waals surface area contributed by atoms with Crippen LogP contribution in [0.3, 0.4) is 0 Å². The molecule has 2 N–H and O–H groups in total. The fourth-order valence-electron chi connectivity index (χ4n) is 1.31. The molecule has 0 aliphatic heterocycles. The fourth-order valence-corrected chi connectivity index (χ4v) is 1.31. The van der Waals surface area contributed by atoms with Crippen molar-refractivity contribution in [3.8, 4) is 0 Å². The van der Waals surface area contributed by atoms with E-state index in [1.807, 2.05) is 0 Å². The van der Waals surface area contributed by atoms with Gasteiger partial charge in [0.05, 0.1) is 11.7 Å². The Morgan fingerprint density at radius 3 is 2.88 bits per heavy atom. The van der Waals surface area contributed by atoms with Crippen molar-refractivity contribution in [2.75, 3.05) is 5.32 Å². The number of pyridine rings is 1. The molecule has 2 aromatic rings. The largest absolute Gasteiger partial charge is 0.444 e. The van der Waals surface area contributed by atoms with Crippen molar-refractivity contribution in [2.24, 2.45) is 0 Å². The molecule has 0 saturated carbocycles. The van der Waals surface area contributed by atoms with Gasteiger partial charge >= 0.3 is 6.09 Å². The highest BCUT2D eigenvalue weighted by molar-refractivity contribution is 5.85. The second kappa shape index (κ2) is 4.04. The molecule has 0 aliphatic rings. The molecule has 1 amide bonds. The molecule has 6 heteroatoms. The first kappa shape index (κ1) is 11.4. The van der Waals surface area contributed by atoms with Gasteiger partial charge in [0.15, 0.2) is 0 Å². The van der Waals surface area contributed by atoms with Crippen LogP contribution in [0.5, 0.6) is 0 Å². The summed E-state index contributed by atoms with van der Waals surface area (Å²) in [6.45, 7) is 5.41. The van der Waals surface area contributed by atoms with Gasteiger partial charge in [-0.25, -0.2) is 9.78 Å². The lowest BCUT2D eigenvalue weighted by molar-refractivity contribution is 0.0635. The number of H-pyrrole nitrogens is 1. The molecule has 90 valence electrons. The molecule has 0 fully saturated rings. The van der Waals surface area contributed by atoms with Crippen LogP contribution in [0.2, 0.25) is 0 Å². The van der Waals surface area contributed by atoms with E-state index in [0.717, 1.165) is 5.52 Å². The van der Waals surface area contributed by atoms with Gasteiger partial charge in [0.25, 0.3) is 0 Å². The first-order chi connectivity index (χ1) is 7.94. The number of ether oxygens (including phenoxy) is 1. The smallest absolute Gasteiger partial charge is 0.413 e. The molecule has 0 unspecified atom stereocenters. The molecule has 0 radical (unpaired) electrons. The summed E-state index contributed by atoms with van der Waals surface area (Å²) in [7, 11) is 0. The number of rotatable bonds is 1. The Hall–Kier alpha value is -2.11. The average Bonchev–Trinajstić information content (AvgIpc) is 2.61. The number of hydrogen-bond acceptors (Lipinski definition) is 4. The van der Waals surface area contributed by atoms with E-state index in [1.165, 1.54) is 0 Å². The molecule has 0 atom stereocenters. The second-order valence-corrected chi connectivity index (χ2v) is 4.63. The Morgan fingerprint density at radius 1 is 1.41 bits per heavy atom. The van der Waals surface area contributed by atoms with E-state index in [4.69, 9.17) is 4.74 Å². The van der Waals surface area contributed by atoms with Gasteiger partial charge in [-0.2, -0.15) is 5.10 Å². The molecular formula is C11H14N4O2. The summed E-state index contributed by atoms with van der Waals surface area (Å²) in [4.78, 5) is 15.7. The first-order valence-corrected chi connectivity index (χ1v) is 5.24. The first-order valence-electron chi connectivity index (χ1n) is 5.24. The number of amides is 1. The highest BCUT2D eigenvalue weighted by Crippen LogP contribution is 2.13. The predicted molar refractivity (Wildman–Crippen MR) is 63.7 cm³/mol. The lowest BCUT2D eigenvalue weighted by Crippen LogP contribution is -2.27. The monoisotopic (exact) mass is 234 g/mol. The highest BCUT2D eigenvalue weighted by Gasteiger charge is 2.16. The maximum Gasteiger partial charge on any atom is 0.413 e. The molecule has 0 bridgehead atoms. The highest BCUT2D eigenvalue weighted by atomic mass is 16.6. The van der Waals surface area contributed by atoms with E-state index in [9.17, 15) is 4.79 Å². The van der Waals surface area contributed by atoms with Crippen molar-refractivity contribution < 1.29 is 9.53 Å². The Bertz CT molecular complexity index is 542. The van der Waals surface area contributed by atoms with E-state index < -0.39 is 11.7 Å². The molecule has 17 heavy (non-hydrogen) atoms. The van der Waals surface area contributed by atoms with Crippen molar-refractivity contribution >= 4 is 22.9 Å². The van der Waals surface area contributed by atoms with Crippen molar-refractivity contribution in [3.05, 3.63) is 18.3 Å². The minimum Gasteiger partial charge on any atom is -0.444 e. The number of carbonyl (C=O) groups excluding carboxylic acids is 1. The summed E-state index contributed by atoms with van der Waals surface area (Å²) < 4.78 is 5.12. The molecular weight excluding hydrogens is 220 g/mol. The minimum absolute atomic E-state index is 0.438. The van der Waals surface area contributed by atoms with Crippen LogP contribution in [0.15, 0.2) is 18.3 Å². The number of hydrogen-bond donors (Lipinski definition) is 2. The van der Waals surface area contributed by atoms with Crippen LogP contribution in [-0.4, -0.2) is 26.9 Å². The van der Waals surface area contributed by atoms with Gasteiger partial charge in [-0.1, -0.05) is 0 Å².